The van der Waals surface area contributed by atoms with Crippen molar-refractivity contribution in [1.29, 1.82) is 0 Å². The number of primary amides is 1. The Hall–Kier alpha value is -2.79. The molecule has 2 aromatic carbocycles. The summed E-state index contributed by atoms with van der Waals surface area (Å²) in [4.78, 5) is 16.1. The minimum atomic E-state index is -0.619. The molecule has 0 aliphatic carbocycles. The van der Waals surface area contributed by atoms with Gasteiger partial charge in [-0.25, -0.2) is 4.99 Å². The Kier molecular flexibility index (Phi) is 4.04. The fourth-order valence-corrected chi connectivity index (χ4v) is 2.30. The smallest absolute Gasteiger partial charge is 0.254 e. The Morgan fingerprint density at radius 1 is 1.22 bits per heavy atom. The summed E-state index contributed by atoms with van der Waals surface area (Å²) in [5.74, 6) is -0.0720. The van der Waals surface area contributed by atoms with Gasteiger partial charge in [0.1, 0.15) is 5.56 Å². The predicted octanol–water partition coefficient (Wildman–Crippen LogP) is 3.43. The van der Waals surface area contributed by atoms with Crippen LogP contribution in [0.2, 0.25) is 5.02 Å². The number of methoxy groups -OCH3 is 1. The van der Waals surface area contributed by atoms with Gasteiger partial charge in [0.2, 0.25) is 5.55 Å². The van der Waals surface area contributed by atoms with Crippen molar-refractivity contribution in [3.05, 3.63) is 64.7 Å². The zero-order chi connectivity index (χ0) is 16.4. The van der Waals surface area contributed by atoms with Crippen molar-refractivity contribution in [2.75, 3.05) is 7.11 Å². The fourth-order valence-electron chi connectivity index (χ4n) is 2.18. The van der Waals surface area contributed by atoms with E-state index < -0.39 is 5.91 Å². The minimum Gasteiger partial charge on any atom is -0.493 e. The van der Waals surface area contributed by atoms with E-state index in [0.29, 0.717) is 27.4 Å². The summed E-state index contributed by atoms with van der Waals surface area (Å²) in [6, 6.07) is 13.8. The highest BCUT2D eigenvalue weighted by atomic mass is 35.5. The van der Waals surface area contributed by atoms with E-state index >= 15 is 0 Å². The first-order valence-corrected chi connectivity index (χ1v) is 7.17. The number of benzene rings is 2. The van der Waals surface area contributed by atoms with Crippen LogP contribution in [0.5, 0.6) is 5.75 Å². The summed E-state index contributed by atoms with van der Waals surface area (Å²) in [5.41, 5.74) is 6.85. The van der Waals surface area contributed by atoms with Crippen molar-refractivity contribution in [2.45, 2.75) is 0 Å². The van der Waals surface area contributed by atoms with Crippen LogP contribution >= 0.6 is 11.6 Å². The van der Waals surface area contributed by atoms with Gasteiger partial charge in [0.15, 0.2) is 11.3 Å². The number of fused-ring (bicyclic) bond motifs is 1. The number of nitrogens with two attached hydrogens (primary N) is 1. The first-order chi connectivity index (χ1) is 11.1. The number of hydrogen-bond acceptors (Lipinski definition) is 4. The molecule has 0 radical (unpaired) electrons. The van der Waals surface area contributed by atoms with E-state index in [0.717, 1.165) is 0 Å². The zero-order valence-electron chi connectivity index (χ0n) is 12.2. The predicted molar refractivity (Wildman–Crippen MR) is 88.0 cm³/mol. The van der Waals surface area contributed by atoms with Crippen molar-refractivity contribution in [2.24, 2.45) is 10.7 Å². The summed E-state index contributed by atoms with van der Waals surface area (Å²) in [6.45, 7) is 0. The normalized spacial score (nSPS) is 11.7. The van der Waals surface area contributed by atoms with E-state index in [2.05, 4.69) is 4.99 Å². The third kappa shape index (κ3) is 3.05. The number of hydrogen-bond donors (Lipinski definition) is 1. The molecular formula is C17H13ClN2O3. The van der Waals surface area contributed by atoms with Crippen LogP contribution in [0.15, 0.2) is 57.9 Å². The van der Waals surface area contributed by atoms with E-state index in [1.54, 1.807) is 55.6 Å². The van der Waals surface area contributed by atoms with Crippen LogP contribution in [-0.4, -0.2) is 13.0 Å². The average Bonchev–Trinajstić information content (AvgIpc) is 2.55. The molecule has 1 heterocycles. The lowest BCUT2D eigenvalue weighted by Crippen LogP contribution is -2.21. The number of rotatable bonds is 3. The molecule has 0 aliphatic rings. The average molecular weight is 329 g/mol. The van der Waals surface area contributed by atoms with Crippen LogP contribution in [-0.2, 0) is 0 Å². The molecular weight excluding hydrogens is 316 g/mol. The lowest BCUT2D eigenvalue weighted by atomic mass is 10.1. The van der Waals surface area contributed by atoms with Gasteiger partial charge in [-0.3, -0.25) is 4.79 Å². The summed E-state index contributed by atoms with van der Waals surface area (Å²) in [6.07, 6.45) is 0. The zero-order valence-corrected chi connectivity index (χ0v) is 13.0. The van der Waals surface area contributed by atoms with Crippen LogP contribution in [0.4, 0.5) is 5.69 Å². The van der Waals surface area contributed by atoms with Crippen molar-refractivity contribution >= 4 is 34.2 Å². The van der Waals surface area contributed by atoms with Crippen molar-refractivity contribution in [1.82, 2.24) is 0 Å². The maximum Gasteiger partial charge on any atom is 0.254 e. The van der Waals surface area contributed by atoms with E-state index in [-0.39, 0.29) is 11.1 Å². The van der Waals surface area contributed by atoms with Crippen molar-refractivity contribution in [3.63, 3.8) is 0 Å². The Morgan fingerprint density at radius 3 is 2.61 bits per heavy atom. The maximum atomic E-state index is 11.7. The van der Waals surface area contributed by atoms with Gasteiger partial charge in [-0.1, -0.05) is 23.7 Å². The molecule has 0 unspecified atom stereocenters. The third-order valence-electron chi connectivity index (χ3n) is 3.28. The highest BCUT2D eigenvalue weighted by molar-refractivity contribution is 6.30. The van der Waals surface area contributed by atoms with Gasteiger partial charge in [-0.05, 0) is 36.4 Å². The molecule has 3 rings (SSSR count). The van der Waals surface area contributed by atoms with Crippen LogP contribution < -0.4 is 16.0 Å². The van der Waals surface area contributed by atoms with E-state index in [1.165, 1.54) is 0 Å². The second-order valence-electron chi connectivity index (χ2n) is 4.80. The third-order valence-corrected chi connectivity index (χ3v) is 3.53. The van der Waals surface area contributed by atoms with Crippen LogP contribution in [0.25, 0.3) is 11.0 Å². The molecule has 3 aromatic rings. The number of para-hydroxylation sites is 1. The highest BCUT2D eigenvalue weighted by Gasteiger charge is 2.12. The molecule has 0 fully saturated rings. The first-order valence-electron chi connectivity index (χ1n) is 6.79. The number of amides is 1. The quantitative estimate of drug-likeness (QED) is 0.800. The van der Waals surface area contributed by atoms with E-state index in [4.69, 9.17) is 26.5 Å². The molecule has 23 heavy (non-hydrogen) atoms. The number of nitrogens with zero attached hydrogens (tertiary/aromatic N) is 1. The van der Waals surface area contributed by atoms with Crippen LogP contribution in [0, 0.1) is 0 Å². The van der Waals surface area contributed by atoms with Gasteiger partial charge < -0.3 is 14.9 Å². The van der Waals surface area contributed by atoms with Gasteiger partial charge >= 0.3 is 0 Å². The van der Waals surface area contributed by atoms with Crippen LogP contribution in [0.3, 0.4) is 0 Å². The molecule has 116 valence electrons. The summed E-state index contributed by atoms with van der Waals surface area (Å²) >= 11 is 5.86. The second kappa shape index (κ2) is 6.14. The molecule has 0 saturated carbocycles. The van der Waals surface area contributed by atoms with Gasteiger partial charge in [-0.15, -0.1) is 0 Å². The molecule has 2 N–H and O–H groups in total. The standard InChI is InChI=1S/C17H13ClN2O3/c1-22-14-4-2-3-10-9-13(16(19)21)17(23-15(10)14)20-12-7-5-11(18)6-8-12/h2-9H,1H3,(H2,19,21). The first kappa shape index (κ1) is 15.1. The monoisotopic (exact) mass is 328 g/mol. The van der Waals surface area contributed by atoms with Gasteiger partial charge in [0.25, 0.3) is 5.91 Å². The van der Waals surface area contributed by atoms with E-state index in [9.17, 15) is 4.79 Å². The summed E-state index contributed by atoms with van der Waals surface area (Å²) < 4.78 is 11.1. The maximum absolute atomic E-state index is 11.7. The highest BCUT2D eigenvalue weighted by Crippen LogP contribution is 2.25. The number of carbonyl (C=O) groups excluding carboxylic acids is 1. The lowest BCUT2D eigenvalue weighted by molar-refractivity contribution is 0.0996. The number of carbonyl (C=O) groups is 1. The van der Waals surface area contributed by atoms with E-state index in [1.807, 2.05) is 0 Å². The van der Waals surface area contributed by atoms with Gasteiger partial charge in [-0.2, -0.15) is 0 Å². The van der Waals surface area contributed by atoms with Crippen molar-refractivity contribution in [3.8, 4) is 5.75 Å². The minimum absolute atomic E-state index is 0.122. The van der Waals surface area contributed by atoms with Gasteiger partial charge in [0.05, 0.1) is 12.8 Å². The second-order valence-corrected chi connectivity index (χ2v) is 5.23. The molecule has 0 spiro atoms. The molecule has 1 amide bonds. The molecule has 1 aromatic heterocycles. The fraction of sp³-hybridized carbons (Fsp3) is 0.0588. The number of halogens is 1. The summed E-state index contributed by atoms with van der Waals surface area (Å²) in [7, 11) is 1.54. The molecule has 0 bridgehead atoms. The Labute approximate surface area is 137 Å². The van der Waals surface area contributed by atoms with Crippen LogP contribution in [0.1, 0.15) is 10.4 Å². The van der Waals surface area contributed by atoms with Gasteiger partial charge in [0, 0.05) is 10.4 Å². The summed E-state index contributed by atoms with van der Waals surface area (Å²) in [5, 5.41) is 1.30. The SMILES string of the molecule is COc1cccc2cc(C(N)=O)c(=Nc3ccc(Cl)cc3)oc12. The Morgan fingerprint density at radius 2 is 1.96 bits per heavy atom. The Bertz CT molecular complexity index is 946. The molecule has 5 nitrogen and oxygen atoms in total. The molecule has 0 atom stereocenters. The molecule has 0 aliphatic heterocycles. The lowest BCUT2D eigenvalue weighted by Gasteiger charge is -2.06. The molecule has 6 heteroatoms. The largest absolute Gasteiger partial charge is 0.493 e. The Balaban J connectivity index is 2.30. The number of ether oxygens (including phenoxy) is 1. The topological polar surface area (TPSA) is 77.8 Å². The molecule has 0 saturated heterocycles. The van der Waals surface area contributed by atoms with Crippen molar-refractivity contribution < 1.29 is 13.9 Å².